The molecule has 0 spiro atoms. The first-order valence-electron chi connectivity index (χ1n) is 35.4. The molecule has 520 valence electrons. The van der Waals surface area contributed by atoms with Crippen LogP contribution in [-0.4, -0.2) is 123 Å². The van der Waals surface area contributed by atoms with E-state index in [-0.39, 0.29) is 61.0 Å². The summed E-state index contributed by atoms with van der Waals surface area (Å²) >= 11 is 0. The van der Waals surface area contributed by atoms with Crippen LogP contribution in [0.1, 0.15) is 245 Å². The molecule has 1 heterocycles. The van der Waals surface area contributed by atoms with Gasteiger partial charge in [-0.1, -0.05) is 264 Å². The van der Waals surface area contributed by atoms with Crippen molar-refractivity contribution >= 4 is 11.9 Å². The van der Waals surface area contributed by atoms with Gasteiger partial charge in [0.2, 0.25) is 0 Å². The Morgan fingerprint density at radius 2 is 0.880 bits per heavy atom. The number of aliphatic hydroxyl groups excluding tert-OH is 6. The van der Waals surface area contributed by atoms with E-state index in [2.05, 4.69) is 170 Å². The van der Waals surface area contributed by atoms with E-state index in [1.807, 2.05) is 12.2 Å². The van der Waals surface area contributed by atoms with Crippen LogP contribution in [0, 0.1) is 28.6 Å². The van der Waals surface area contributed by atoms with Crippen LogP contribution < -0.4 is 0 Å². The number of hydrogen-bond acceptors (Lipinski definition) is 13. The molecule has 92 heavy (non-hydrogen) atoms. The van der Waals surface area contributed by atoms with Crippen molar-refractivity contribution in [1.29, 1.82) is 0 Å². The molecule has 4 rings (SSSR count). The molecule has 6 N–H and O–H groups in total. The Kier molecular flexibility index (Phi) is 36.3. The van der Waals surface area contributed by atoms with E-state index < -0.39 is 61.0 Å². The summed E-state index contributed by atoms with van der Waals surface area (Å²) in [6, 6.07) is 0. The van der Waals surface area contributed by atoms with Crippen molar-refractivity contribution < 1.29 is 63.9 Å². The molecule has 13 nitrogen and oxygen atoms in total. The first-order chi connectivity index (χ1) is 43.6. The minimum Gasteiger partial charge on any atom is -0.465 e. The van der Waals surface area contributed by atoms with Crippen molar-refractivity contribution in [2.24, 2.45) is 28.6 Å². The van der Waals surface area contributed by atoms with Crippen LogP contribution in [0.25, 0.3) is 0 Å². The second kappa shape index (κ2) is 41.6. The van der Waals surface area contributed by atoms with E-state index in [0.29, 0.717) is 25.7 Å². The van der Waals surface area contributed by atoms with Crippen LogP contribution in [0.5, 0.6) is 0 Å². The summed E-state index contributed by atoms with van der Waals surface area (Å²) < 4.78 is 29.9. The summed E-state index contributed by atoms with van der Waals surface area (Å²) in [7, 11) is 0. The molecule has 1 saturated heterocycles. The Bertz CT molecular complexity index is 2410. The molecule has 0 amide bonds. The molecule has 0 radical (unpaired) electrons. The number of ether oxygens (including phenoxy) is 5. The molecule has 0 aromatic carbocycles. The van der Waals surface area contributed by atoms with Crippen LogP contribution in [0.15, 0.2) is 130 Å². The summed E-state index contributed by atoms with van der Waals surface area (Å²) in [4.78, 5) is 25.2. The Balaban J connectivity index is 1.19. The number of rotatable bonds is 38. The average Bonchev–Trinajstić information content (AvgIpc) is 0.839. The first kappa shape index (κ1) is 80.2. The van der Waals surface area contributed by atoms with Gasteiger partial charge in [-0.25, -0.2) is 0 Å². The van der Waals surface area contributed by atoms with E-state index in [4.69, 9.17) is 23.7 Å². The number of allylic oxidation sites excluding steroid dienone is 20. The molecule has 12 atom stereocenters. The zero-order valence-corrected chi connectivity index (χ0v) is 59.4. The highest BCUT2D eigenvalue weighted by Gasteiger charge is 2.48. The van der Waals surface area contributed by atoms with Gasteiger partial charge in [0, 0.05) is 18.8 Å². The number of carbonyl (C=O) groups is 2. The molecular weight excluding hydrogens is 1160 g/mol. The predicted octanol–water partition coefficient (Wildman–Crippen LogP) is 16.3. The number of carbonyl (C=O) groups excluding carboxylic acids is 2. The lowest BCUT2D eigenvalue weighted by Gasteiger charge is -2.44. The molecule has 1 aliphatic heterocycles. The molecule has 3 aliphatic carbocycles. The van der Waals surface area contributed by atoms with Crippen molar-refractivity contribution in [3.8, 4) is 0 Å². The van der Waals surface area contributed by atoms with Gasteiger partial charge in [-0.2, -0.15) is 0 Å². The maximum atomic E-state index is 12.6. The zero-order valence-electron chi connectivity index (χ0n) is 59.4. The maximum Gasteiger partial charge on any atom is 0.305 e. The predicted molar refractivity (Wildman–Crippen MR) is 373 cm³/mol. The van der Waals surface area contributed by atoms with Crippen LogP contribution >= 0.6 is 0 Å². The maximum absolute atomic E-state index is 12.6. The monoisotopic (exact) mass is 1280 g/mol. The van der Waals surface area contributed by atoms with Gasteiger partial charge in [0.1, 0.15) is 43.2 Å². The molecule has 2 fully saturated rings. The van der Waals surface area contributed by atoms with Gasteiger partial charge in [-0.15, -0.1) is 0 Å². The topological polar surface area (TPSA) is 202 Å². The van der Waals surface area contributed by atoms with Gasteiger partial charge < -0.3 is 54.3 Å². The zero-order chi connectivity index (χ0) is 68.0. The minimum absolute atomic E-state index is 0.0161. The second-order valence-electron chi connectivity index (χ2n) is 29.6. The summed E-state index contributed by atoms with van der Waals surface area (Å²) in [5, 5.41) is 65.2. The quantitative estimate of drug-likeness (QED) is 0.0194. The lowest BCUT2D eigenvalue weighted by atomic mass is 9.71. The standard InChI is InChI=1S/C79H126O13/c1-54(2)33-25-21-17-15-19-23-27-41-69(80)88-52-62-49-67(72(83)74(85)71(62)82)90-63-47-60(9)65(78(11,12)50-63)45-43-58(7)39-31-37-56(5)35-29-30-36-57(6)38-32-40-59(8)44-46-66-61(10)48-64(51-79(66,13)14)91-77-76(87)75(86)73(84)68(92-77)53-89-70(81)42-28-24-20-16-18-22-26-34-55(3)4/h29-32,35-40,43-46,54-55,62-64,67-68,71-77,82-87H,15-28,33-34,41-42,47-53H2,1-14H3. The number of esters is 2. The Labute approximate surface area is 556 Å². The highest BCUT2D eigenvalue weighted by atomic mass is 16.7. The van der Waals surface area contributed by atoms with Crippen molar-refractivity contribution in [3.05, 3.63) is 130 Å². The molecular formula is C79H126O13. The fraction of sp³-hybridized carbons (Fsp3) is 0.696. The minimum atomic E-state index is -1.52. The van der Waals surface area contributed by atoms with E-state index in [9.17, 15) is 40.2 Å². The molecule has 0 aromatic heterocycles. The van der Waals surface area contributed by atoms with E-state index in [1.165, 1.54) is 80.9 Å². The molecule has 13 heteroatoms. The normalized spacial score (nSPS) is 28.0. The number of aliphatic hydroxyl groups is 6. The van der Waals surface area contributed by atoms with Crippen molar-refractivity contribution in [2.75, 3.05) is 13.2 Å². The lowest BCUT2D eigenvalue weighted by Crippen LogP contribution is -2.60. The molecule has 0 bridgehead atoms. The van der Waals surface area contributed by atoms with Crippen LogP contribution in [0.2, 0.25) is 0 Å². The highest BCUT2D eigenvalue weighted by Crippen LogP contribution is 2.45. The van der Waals surface area contributed by atoms with Crippen molar-refractivity contribution in [2.45, 2.75) is 312 Å². The van der Waals surface area contributed by atoms with Crippen LogP contribution in [0.3, 0.4) is 0 Å². The Morgan fingerprint density at radius 1 is 0.489 bits per heavy atom. The van der Waals surface area contributed by atoms with Crippen LogP contribution in [-0.2, 0) is 33.3 Å². The Morgan fingerprint density at radius 3 is 1.33 bits per heavy atom. The summed E-state index contributed by atoms with van der Waals surface area (Å²) in [5.74, 6) is 0.310. The van der Waals surface area contributed by atoms with Gasteiger partial charge in [0.05, 0.1) is 31.0 Å². The first-order valence-corrected chi connectivity index (χ1v) is 35.4. The van der Waals surface area contributed by atoms with Crippen molar-refractivity contribution in [1.82, 2.24) is 0 Å². The molecule has 0 aromatic rings. The third-order valence-corrected chi connectivity index (χ3v) is 18.9. The summed E-state index contributed by atoms with van der Waals surface area (Å²) in [5.41, 5.74) is 8.78. The largest absolute Gasteiger partial charge is 0.465 e. The fourth-order valence-corrected chi connectivity index (χ4v) is 13.4. The number of hydrogen-bond donors (Lipinski definition) is 6. The molecule has 12 unspecified atom stereocenters. The van der Waals surface area contributed by atoms with E-state index >= 15 is 0 Å². The van der Waals surface area contributed by atoms with Gasteiger partial charge in [-0.3, -0.25) is 9.59 Å². The number of unbranched alkanes of at least 4 members (excludes halogenated alkanes) is 12. The average molecular weight is 1280 g/mol. The molecule has 1 saturated carbocycles. The SMILES string of the molecule is CC(C=CC=C(C)C=CC1=C(C)CC(OC2CC(COC(=O)CCCCCCCCCC(C)C)C(O)C(O)C2O)CC1(C)C)=CC=CC=C(C)C=CC=C(C)C=CC1=C(C)CC(OC2OC(COC(=O)CCCCCCCCCC(C)C)C(O)C(O)C2O)CC1(C)C. The van der Waals surface area contributed by atoms with Gasteiger partial charge in [0.15, 0.2) is 6.29 Å². The van der Waals surface area contributed by atoms with E-state index in [0.717, 1.165) is 84.6 Å². The van der Waals surface area contributed by atoms with Crippen LogP contribution in [0.4, 0.5) is 0 Å². The van der Waals surface area contributed by atoms with Gasteiger partial charge >= 0.3 is 11.9 Å². The van der Waals surface area contributed by atoms with Gasteiger partial charge in [-0.05, 0) is 120 Å². The fourth-order valence-electron chi connectivity index (χ4n) is 13.4. The summed E-state index contributed by atoms with van der Waals surface area (Å²) in [6.07, 6.45) is 39.4. The van der Waals surface area contributed by atoms with Crippen molar-refractivity contribution in [3.63, 3.8) is 0 Å². The Hall–Kier alpha value is -4.28. The molecule has 4 aliphatic rings. The highest BCUT2D eigenvalue weighted by molar-refractivity contribution is 5.69. The van der Waals surface area contributed by atoms with E-state index in [1.54, 1.807) is 0 Å². The lowest BCUT2D eigenvalue weighted by molar-refractivity contribution is -0.313. The third-order valence-electron chi connectivity index (χ3n) is 18.9. The second-order valence-corrected chi connectivity index (χ2v) is 29.6. The smallest absolute Gasteiger partial charge is 0.305 e. The third kappa shape index (κ3) is 29.4. The summed E-state index contributed by atoms with van der Waals surface area (Å²) in [6.45, 7) is 30.1. The van der Waals surface area contributed by atoms with Gasteiger partial charge in [0.25, 0.3) is 0 Å².